The van der Waals surface area contributed by atoms with E-state index in [1.807, 2.05) is 6.07 Å². The third kappa shape index (κ3) is 4.46. The molecule has 1 spiro atoms. The highest BCUT2D eigenvalue weighted by atomic mass is 35.5. The van der Waals surface area contributed by atoms with Crippen LogP contribution in [0.2, 0.25) is 10.0 Å². The molecule has 1 amide bonds. The SMILES string of the molecule is O=C(CN1CCC2(CC1)CN(C(=O)c1c(F)cccc1F)c1ccc(Cl)cc12)c1ccc(Cl)cc1. The fourth-order valence-corrected chi connectivity index (χ4v) is 5.45. The minimum atomic E-state index is -0.887. The van der Waals surface area contributed by atoms with E-state index in [0.29, 0.717) is 53.8 Å². The van der Waals surface area contributed by atoms with E-state index in [1.165, 1.54) is 11.0 Å². The normalized spacial score (nSPS) is 17.0. The molecule has 35 heavy (non-hydrogen) atoms. The Balaban J connectivity index is 1.37. The molecule has 1 fully saturated rings. The Morgan fingerprint density at radius 2 is 1.51 bits per heavy atom. The first kappa shape index (κ1) is 23.9. The summed E-state index contributed by atoms with van der Waals surface area (Å²) < 4.78 is 28.8. The molecule has 8 heteroatoms. The van der Waals surface area contributed by atoms with Gasteiger partial charge in [0.2, 0.25) is 0 Å². The summed E-state index contributed by atoms with van der Waals surface area (Å²) in [4.78, 5) is 29.6. The van der Waals surface area contributed by atoms with Gasteiger partial charge in [0.25, 0.3) is 5.91 Å². The van der Waals surface area contributed by atoms with Gasteiger partial charge >= 0.3 is 0 Å². The minimum absolute atomic E-state index is 0.0133. The predicted octanol–water partition coefficient (Wildman–Crippen LogP) is 6.15. The Kier molecular flexibility index (Phi) is 6.38. The zero-order chi connectivity index (χ0) is 24.7. The number of halogens is 4. The van der Waals surface area contributed by atoms with Crippen molar-refractivity contribution >= 4 is 40.6 Å². The van der Waals surface area contributed by atoms with E-state index < -0.39 is 28.5 Å². The van der Waals surface area contributed by atoms with Gasteiger partial charge in [0.1, 0.15) is 17.2 Å². The molecule has 0 bridgehead atoms. The Morgan fingerprint density at radius 3 is 2.17 bits per heavy atom. The van der Waals surface area contributed by atoms with Crippen LogP contribution in [0.25, 0.3) is 0 Å². The van der Waals surface area contributed by atoms with Crippen LogP contribution in [0.15, 0.2) is 60.7 Å². The van der Waals surface area contributed by atoms with E-state index in [0.717, 1.165) is 17.7 Å². The van der Waals surface area contributed by atoms with E-state index in [1.54, 1.807) is 36.4 Å². The van der Waals surface area contributed by atoms with Crippen LogP contribution in [-0.2, 0) is 5.41 Å². The maximum absolute atomic E-state index is 14.4. The highest BCUT2D eigenvalue weighted by molar-refractivity contribution is 6.31. The minimum Gasteiger partial charge on any atom is -0.307 e. The van der Waals surface area contributed by atoms with Crippen molar-refractivity contribution in [3.63, 3.8) is 0 Å². The van der Waals surface area contributed by atoms with E-state index in [-0.39, 0.29) is 12.3 Å². The summed E-state index contributed by atoms with van der Waals surface area (Å²) in [5.74, 6) is -2.47. The van der Waals surface area contributed by atoms with Gasteiger partial charge < -0.3 is 4.90 Å². The topological polar surface area (TPSA) is 40.6 Å². The van der Waals surface area contributed by atoms with Crippen molar-refractivity contribution < 1.29 is 18.4 Å². The van der Waals surface area contributed by atoms with Gasteiger partial charge in [0.15, 0.2) is 5.78 Å². The molecule has 0 aromatic heterocycles. The number of anilines is 1. The van der Waals surface area contributed by atoms with Gasteiger partial charge in [-0.1, -0.05) is 29.3 Å². The summed E-state index contributed by atoms with van der Waals surface area (Å²) in [6.07, 6.45) is 1.36. The van der Waals surface area contributed by atoms with Crippen molar-refractivity contribution in [1.82, 2.24) is 4.90 Å². The van der Waals surface area contributed by atoms with Gasteiger partial charge in [-0.3, -0.25) is 14.5 Å². The van der Waals surface area contributed by atoms with Gasteiger partial charge in [-0.15, -0.1) is 0 Å². The lowest BCUT2D eigenvalue weighted by atomic mass is 9.74. The van der Waals surface area contributed by atoms with Crippen molar-refractivity contribution in [2.24, 2.45) is 0 Å². The first-order valence-corrected chi connectivity index (χ1v) is 12.1. The fourth-order valence-electron chi connectivity index (χ4n) is 5.16. The standard InChI is InChI=1S/C27H22Cl2F2N2O2/c28-18-6-4-17(5-7-18)24(34)15-32-12-10-27(11-13-32)16-33(23-9-8-19(29)14-20(23)27)26(35)25-21(30)2-1-3-22(25)31/h1-9,14H,10-13,15-16H2. The molecular weight excluding hydrogens is 493 g/mol. The van der Waals surface area contributed by atoms with Gasteiger partial charge in [-0.2, -0.15) is 0 Å². The molecule has 2 aliphatic rings. The molecule has 2 heterocycles. The van der Waals surface area contributed by atoms with Crippen molar-refractivity contribution in [2.45, 2.75) is 18.3 Å². The number of ketones is 1. The monoisotopic (exact) mass is 514 g/mol. The molecule has 180 valence electrons. The van der Waals surface area contributed by atoms with Gasteiger partial charge in [-0.25, -0.2) is 8.78 Å². The average molecular weight is 515 g/mol. The quantitative estimate of drug-likeness (QED) is 0.392. The molecule has 0 atom stereocenters. The van der Waals surface area contributed by atoms with Crippen molar-refractivity contribution in [3.8, 4) is 0 Å². The predicted molar refractivity (Wildman–Crippen MR) is 133 cm³/mol. The number of Topliss-reactive ketones (excluding diaryl/α,β-unsaturated/α-hetero) is 1. The van der Waals surface area contributed by atoms with Crippen LogP contribution in [0.5, 0.6) is 0 Å². The van der Waals surface area contributed by atoms with Crippen LogP contribution in [0, 0.1) is 11.6 Å². The molecule has 1 saturated heterocycles. The van der Waals surface area contributed by atoms with Crippen molar-refractivity contribution in [3.05, 3.63) is 99.0 Å². The number of hydrogen-bond donors (Lipinski definition) is 0. The first-order chi connectivity index (χ1) is 16.8. The molecule has 3 aromatic carbocycles. The Morgan fingerprint density at radius 1 is 0.886 bits per heavy atom. The van der Waals surface area contributed by atoms with Crippen LogP contribution in [-0.4, -0.2) is 42.8 Å². The molecule has 2 aliphatic heterocycles. The fraction of sp³-hybridized carbons (Fsp3) is 0.259. The molecule has 0 aliphatic carbocycles. The van der Waals surface area contributed by atoms with Gasteiger partial charge in [0.05, 0.1) is 6.54 Å². The summed E-state index contributed by atoms with van der Waals surface area (Å²) in [6.45, 7) is 1.86. The number of rotatable bonds is 4. The Hall–Kier alpha value is -2.80. The maximum Gasteiger partial charge on any atom is 0.264 e. The van der Waals surface area contributed by atoms with Gasteiger partial charge in [-0.05, 0) is 86.1 Å². The van der Waals surface area contributed by atoms with Gasteiger partial charge in [0, 0.05) is 33.3 Å². The smallest absolute Gasteiger partial charge is 0.264 e. The zero-order valence-corrected chi connectivity index (χ0v) is 20.3. The second-order valence-corrected chi connectivity index (χ2v) is 10.0. The number of amides is 1. The van der Waals surface area contributed by atoms with Crippen LogP contribution in [0.1, 0.15) is 39.1 Å². The second-order valence-electron chi connectivity index (χ2n) is 9.14. The largest absolute Gasteiger partial charge is 0.307 e. The van der Waals surface area contributed by atoms with Crippen molar-refractivity contribution in [2.75, 3.05) is 31.1 Å². The molecule has 0 N–H and O–H groups in total. The summed E-state index contributed by atoms with van der Waals surface area (Å²) in [5.41, 5.74) is 1.16. The third-order valence-corrected chi connectivity index (χ3v) is 7.54. The third-order valence-electron chi connectivity index (χ3n) is 7.05. The number of benzene rings is 3. The lowest BCUT2D eigenvalue weighted by molar-refractivity contribution is 0.0881. The number of likely N-dealkylation sites (tertiary alicyclic amines) is 1. The lowest BCUT2D eigenvalue weighted by Gasteiger charge is -2.39. The van der Waals surface area contributed by atoms with Crippen LogP contribution in [0.3, 0.4) is 0 Å². The molecular formula is C27H22Cl2F2N2O2. The highest BCUT2D eigenvalue weighted by Crippen LogP contribution is 2.48. The van der Waals surface area contributed by atoms with Crippen molar-refractivity contribution in [1.29, 1.82) is 0 Å². The molecule has 0 saturated carbocycles. The zero-order valence-electron chi connectivity index (χ0n) is 18.7. The maximum atomic E-state index is 14.4. The van der Waals surface area contributed by atoms with E-state index in [9.17, 15) is 18.4 Å². The number of carbonyl (C=O) groups is 2. The van der Waals surface area contributed by atoms with E-state index in [2.05, 4.69) is 4.90 Å². The molecule has 0 unspecified atom stereocenters. The van der Waals surface area contributed by atoms with E-state index in [4.69, 9.17) is 23.2 Å². The summed E-state index contributed by atoms with van der Waals surface area (Å²) in [6, 6.07) is 15.5. The Labute approximate surface area is 212 Å². The highest BCUT2D eigenvalue weighted by Gasteiger charge is 2.47. The molecule has 5 rings (SSSR count). The summed E-state index contributed by atoms with van der Waals surface area (Å²) in [7, 11) is 0. The number of hydrogen-bond acceptors (Lipinski definition) is 3. The van der Waals surface area contributed by atoms with Crippen LogP contribution in [0.4, 0.5) is 14.5 Å². The number of nitrogens with zero attached hydrogens (tertiary/aromatic N) is 2. The lowest BCUT2D eigenvalue weighted by Crippen LogP contribution is -2.47. The van der Waals surface area contributed by atoms with E-state index >= 15 is 0 Å². The van der Waals surface area contributed by atoms with Crippen LogP contribution < -0.4 is 4.90 Å². The molecule has 3 aromatic rings. The second kappa shape index (κ2) is 9.34. The number of carbonyl (C=O) groups excluding carboxylic acids is 2. The van der Waals surface area contributed by atoms with Crippen LogP contribution >= 0.6 is 23.2 Å². The number of piperidine rings is 1. The average Bonchev–Trinajstić information content (AvgIpc) is 3.14. The first-order valence-electron chi connectivity index (χ1n) is 11.3. The number of fused-ring (bicyclic) bond motifs is 2. The molecule has 4 nitrogen and oxygen atoms in total. The molecule has 0 radical (unpaired) electrons. The Bertz CT molecular complexity index is 1280. The summed E-state index contributed by atoms with van der Waals surface area (Å²) >= 11 is 12.2. The summed E-state index contributed by atoms with van der Waals surface area (Å²) in [5, 5.41) is 1.12.